The van der Waals surface area contributed by atoms with Crippen LogP contribution in [0.4, 0.5) is 0 Å². The minimum Gasteiger partial charge on any atom is -0.385 e. The molecule has 0 amide bonds. The number of pyridine rings is 1. The van der Waals surface area contributed by atoms with Gasteiger partial charge < -0.3 is 9.84 Å². The highest BCUT2D eigenvalue weighted by atomic mass is 16.5. The number of benzene rings is 1. The molecule has 2 rings (SSSR count). The molecule has 0 radical (unpaired) electrons. The van der Waals surface area contributed by atoms with Crippen LogP contribution in [0, 0.1) is 0 Å². The van der Waals surface area contributed by atoms with Gasteiger partial charge in [0.2, 0.25) is 0 Å². The van der Waals surface area contributed by atoms with Crippen LogP contribution in [0.1, 0.15) is 18.9 Å². The molecule has 3 heteroatoms. The summed E-state index contributed by atoms with van der Waals surface area (Å²) in [5.41, 5.74) is 0.875. The molecule has 1 unspecified atom stereocenters. The standard InChI is InChI=1S/C14H17NO2/c1-14(16,7-8-17-2)12-9-11-5-3-4-6-13(11)15-10-12/h3-6,9-10,16H,7-8H2,1-2H3. The monoisotopic (exact) mass is 231 g/mol. The van der Waals surface area contributed by atoms with Gasteiger partial charge in [0.15, 0.2) is 0 Å². The summed E-state index contributed by atoms with van der Waals surface area (Å²) in [5.74, 6) is 0. The van der Waals surface area contributed by atoms with Gasteiger partial charge >= 0.3 is 0 Å². The molecular weight excluding hydrogens is 214 g/mol. The summed E-state index contributed by atoms with van der Waals surface area (Å²) >= 11 is 0. The molecule has 2 aromatic rings. The second kappa shape index (κ2) is 4.82. The first-order valence-corrected chi connectivity index (χ1v) is 5.70. The molecule has 90 valence electrons. The molecule has 0 aliphatic carbocycles. The van der Waals surface area contributed by atoms with Crippen LogP contribution in [0.5, 0.6) is 0 Å². The fraction of sp³-hybridized carbons (Fsp3) is 0.357. The van der Waals surface area contributed by atoms with Gasteiger partial charge in [-0.05, 0) is 19.1 Å². The van der Waals surface area contributed by atoms with E-state index in [-0.39, 0.29) is 0 Å². The first kappa shape index (κ1) is 12.0. The number of rotatable bonds is 4. The summed E-state index contributed by atoms with van der Waals surface area (Å²) < 4.78 is 5.01. The van der Waals surface area contributed by atoms with Crippen molar-refractivity contribution in [1.82, 2.24) is 4.98 Å². The van der Waals surface area contributed by atoms with Crippen molar-refractivity contribution in [3.05, 3.63) is 42.1 Å². The van der Waals surface area contributed by atoms with Crippen molar-refractivity contribution >= 4 is 10.9 Å². The van der Waals surface area contributed by atoms with Crippen LogP contribution in [0.25, 0.3) is 10.9 Å². The average molecular weight is 231 g/mol. The van der Waals surface area contributed by atoms with Crippen molar-refractivity contribution in [3.63, 3.8) is 0 Å². The van der Waals surface area contributed by atoms with Crippen LogP contribution in [0.3, 0.4) is 0 Å². The predicted molar refractivity (Wildman–Crippen MR) is 67.8 cm³/mol. The Morgan fingerprint density at radius 1 is 1.35 bits per heavy atom. The molecule has 0 saturated heterocycles. The first-order chi connectivity index (χ1) is 8.13. The topological polar surface area (TPSA) is 42.4 Å². The molecule has 17 heavy (non-hydrogen) atoms. The van der Waals surface area contributed by atoms with E-state index in [2.05, 4.69) is 4.98 Å². The van der Waals surface area contributed by atoms with E-state index in [1.54, 1.807) is 20.2 Å². The Hall–Kier alpha value is -1.45. The SMILES string of the molecule is COCCC(C)(O)c1cnc2ccccc2c1. The van der Waals surface area contributed by atoms with Crippen LogP contribution >= 0.6 is 0 Å². The van der Waals surface area contributed by atoms with Gasteiger partial charge in [0.05, 0.1) is 11.1 Å². The lowest BCUT2D eigenvalue weighted by atomic mass is 9.93. The Morgan fingerprint density at radius 3 is 2.88 bits per heavy atom. The highest BCUT2D eigenvalue weighted by molar-refractivity contribution is 5.78. The first-order valence-electron chi connectivity index (χ1n) is 5.70. The Bertz CT molecular complexity index is 508. The Kier molecular flexibility index (Phi) is 3.41. The maximum atomic E-state index is 10.4. The molecule has 1 aromatic carbocycles. The number of aliphatic hydroxyl groups is 1. The lowest BCUT2D eigenvalue weighted by Gasteiger charge is -2.23. The van der Waals surface area contributed by atoms with Crippen molar-refractivity contribution in [1.29, 1.82) is 0 Å². The molecule has 3 nitrogen and oxygen atoms in total. The summed E-state index contributed by atoms with van der Waals surface area (Å²) in [6.07, 6.45) is 2.29. The van der Waals surface area contributed by atoms with Crippen LogP contribution in [0.2, 0.25) is 0 Å². The van der Waals surface area contributed by atoms with Crippen LogP contribution in [-0.2, 0) is 10.3 Å². The zero-order valence-electron chi connectivity index (χ0n) is 10.2. The Balaban J connectivity index is 2.35. The van der Waals surface area contributed by atoms with E-state index in [1.807, 2.05) is 30.3 Å². The predicted octanol–water partition coefficient (Wildman–Crippen LogP) is 2.48. The van der Waals surface area contributed by atoms with Gasteiger partial charge in [-0.15, -0.1) is 0 Å². The molecular formula is C14H17NO2. The number of para-hydroxylation sites is 1. The average Bonchev–Trinajstić information content (AvgIpc) is 2.36. The van der Waals surface area contributed by atoms with Gasteiger partial charge in [-0.3, -0.25) is 4.98 Å². The third-order valence-corrected chi connectivity index (χ3v) is 3.01. The van der Waals surface area contributed by atoms with Gasteiger partial charge in [0.25, 0.3) is 0 Å². The zero-order valence-corrected chi connectivity index (χ0v) is 10.2. The molecule has 0 aliphatic rings. The summed E-state index contributed by atoms with van der Waals surface area (Å²) in [5, 5.41) is 11.4. The van der Waals surface area contributed by atoms with Gasteiger partial charge in [0, 0.05) is 37.3 Å². The van der Waals surface area contributed by atoms with Gasteiger partial charge in [-0.2, -0.15) is 0 Å². The molecule has 0 bridgehead atoms. The maximum Gasteiger partial charge on any atom is 0.0905 e. The van der Waals surface area contributed by atoms with E-state index < -0.39 is 5.60 Å². The van der Waals surface area contributed by atoms with Crippen LogP contribution < -0.4 is 0 Å². The molecule has 1 aromatic heterocycles. The highest BCUT2D eigenvalue weighted by Gasteiger charge is 2.23. The van der Waals surface area contributed by atoms with Gasteiger partial charge in [-0.1, -0.05) is 18.2 Å². The summed E-state index contributed by atoms with van der Waals surface area (Å²) in [7, 11) is 1.63. The van der Waals surface area contributed by atoms with Crippen molar-refractivity contribution in [3.8, 4) is 0 Å². The fourth-order valence-electron chi connectivity index (χ4n) is 1.81. The smallest absolute Gasteiger partial charge is 0.0905 e. The number of fused-ring (bicyclic) bond motifs is 1. The number of aromatic nitrogens is 1. The molecule has 1 atom stereocenters. The Morgan fingerprint density at radius 2 is 2.12 bits per heavy atom. The van der Waals surface area contributed by atoms with E-state index >= 15 is 0 Å². The molecule has 0 saturated carbocycles. The molecule has 1 heterocycles. The summed E-state index contributed by atoms with van der Waals surface area (Å²) in [4.78, 5) is 4.35. The minimum atomic E-state index is -0.896. The van der Waals surface area contributed by atoms with E-state index in [1.165, 1.54) is 0 Å². The molecule has 1 N–H and O–H groups in total. The molecule has 0 spiro atoms. The lowest BCUT2D eigenvalue weighted by Crippen LogP contribution is -2.23. The third-order valence-electron chi connectivity index (χ3n) is 3.01. The van der Waals surface area contributed by atoms with Gasteiger partial charge in [-0.25, -0.2) is 0 Å². The summed E-state index contributed by atoms with van der Waals surface area (Å²) in [6.45, 7) is 2.32. The van der Waals surface area contributed by atoms with Crippen molar-refractivity contribution in [2.24, 2.45) is 0 Å². The van der Waals surface area contributed by atoms with Crippen molar-refractivity contribution in [2.75, 3.05) is 13.7 Å². The van der Waals surface area contributed by atoms with Crippen LogP contribution in [-0.4, -0.2) is 23.8 Å². The lowest BCUT2D eigenvalue weighted by molar-refractivity contribution is 0.0209. The maximum absolute atomic E-state index is 10.4. The highest BCUT2D eigenvalue weighted by Crippen LogP contribution is 2.26. The fourth-order valence-corrected chi connectivity index (χ4v) is 1.81. The minimum absolute atomic E-state index is 0.528. The Labute approximate surface area is 101 Å². The number of hydrogen-bond donors (Lipinski definition) is 1. The second-order valence-electron chi connectivity index (χ2n) is 4.43. The van der Waals surface area contributed by atoms with E-state index in [0.717, 1.165) is 16.5 Å². The molecule has 0 aliphatic heterocycles. The van der Waals surface area contributed by atoms with Crippen molar-refractivity contribution in [2.45, 2.75) is 18.9 Å². The van der Waals surface area contributed by atoms with Crippen molar-refractivity contribution < 1.29 is 9.84 Å². The second-order valence-corrected chi connectivity index (χ2v) is 4.43. The van der Waals surface area contributed by atoms with E-state index in [4.69, 9.17) is 4.74 Å². The number of hydrogen-bond acceptors (Lipinski definition) is 3. The van der Waals surface area contributed by atoms with Gasteiger partial charge in [0.1, 0.15) is 0 Å². The number of nitrogens with zero attached hydrogens (tertiary/aromatic N) is 1. The van der Waals surface area contributed by atoms with E-state index in [9.17, 15) is 5.11 Å². The third kappa shape index (κ3) is 2.62. The largest absolute Gasteiger partial charge is 0.385 e. The van der Waals surface area contributed by atoms with Crippen LogP contribution in [0.15, 0.2) is 36.5 Å². The quantitative estimate of drug-likeness (QED) is 0.879. The zero-order chi connectivity index (χ0) is 12.3. The number of ether oxygens (including phenoxy) is 1. The molecule has 0 fully saturated rings. The number of methoxy groups -OCH3 is 1. The normalized spacial score (nSPS) is 14.8. The summed E-state index contributed by atoms with van der Waals surface area (Å²) in [6, 6.07) is 9.87. The van der Waals surface area contributed by atoms with E-state index in [0.29, 0.717) is 13.0 Å².